The number of anilines is 2. The minimum Gasteiger partial charge on any atom is -0.381 e. The molecule has 2 N–H and O–H groups in total. The molecule has 1 aromatic carbocycles. The predicted molar refractivity (Wildman–Crippen MR) is 63.7 cm³/mol. The third-order valence-electron chi connectivity index (χ3n) is 1.67. The molecule has 0 spiro atoms. The average Bonchev–Trinajstić information content (AvgIpc) is 2.05. The second kappa shape index (κ2) is 4.53. The summed E-state index contributed by atoms with van der Waals surface area (Å²) in [4.78, 5) is 0. The van der Waals surface area contributed by atoms with E-state index in [-0.39, 0.29) is 6.04 Å². The first-order chi connectivity index (χ1) is 6.88. The van der Waals surface area contributed by atoms with E-state index in [2.05, 4.69) is 10.0 Å². The Labute approximate surface area is 90.8 Å². The van der Waals surface area contributed by atoms with Crippen molar-refractivity contribution in [2.45, 2.75) is 19.9 Å². The summed E-state index contributed by atoms with van der Waals surface area (Å²) in [7, 11) is -3.23. The van der Waals surface area contributed by atoms with Gasteiger partial charge in [-0.15, -0.1) is 0 Å². The van der Waals surface area contributed by atoms with E-state index >= 15 is 0 Å². The van der Waals surface area contributed by atoms with Crippen LogP contribution in [-0.2, 0) is 10.0 Å². The maximum absolute atomic E-state index is 11.1. The molecule has 0 saturated carbocycles. The molecule has 0 heterocycles. The molecular formula is C10H16N2O2S. The summed E-state index contributed by atoms with van der Waals surface area (Å²) in [5.74, 6) is 0. The van der Waals surface area contributed by atoms with Crippen LogP contribution in [0, 0.1) is 0 Å². The van der Waals surface area contributed by atoms with Gasteiger partial charge >= 0.3 is 0 Å². The van der Waals surface area contributed by atoms with Crippen molar-refractivity contribution < 1.29 is 8.42 Å². The molecule has 5 heteroatoms. The Morgan fingerprint density at radius 2 is 1.67 bits per heavy atom. The van der Waals surface area contributed by atoms with Gasteiger partial charge in [0.2, 0.25) is 10.0 Å². The first kappa shape index (κ1) is 11.8. The lowest BCUT2D eigenvalue weighted by molar-refractivity contribution is 0.607. The molecule has 0 aliphatic rings. The highest BCUT2D eigenvalue weighted by Gasteiger charge is 2.06. The lowest BCUT2D eigenvalue weighted by Crippen LogP contribution is -2.15. The van der Waals surface area contributed by atoms with E-state index in [1.165, 1.54) is 0 Å². The number of benzene rings is 1. The Balaban J connectivity index is 2.96. The summed E-state index contributed by atoms with van der Waals surface area (Å²) in [6, 6.07) is 7.48. The van der Waals surface area contributed by atoms with Crippen LogP contribution in [0.4, 0.5) is 11.4 Å². The fourth-order valence-electron chi connectivity index (χ4n) is 1.21. The summed E-state index contributed by atoms with van der Waals surface area (Å²) < 4.78 is 24.7. The van der Waals surface area contributed by atoms with Crippen molar-refractivity contribution in [2.75, 3.05) is 16.3 Å². The van der Waals surface area contributed by atoms with Crippen molar-refractivity contribution in [2.24, 2.45) is 0 Å². The van der Waals surface area contributed by atoms with Gasteiger partial charge in [0.1, 0.15) is 0 Å². The summed E-state index contributed by atoms with van der Waals surface area (Å²) in [5.41, 5.74) is 1.37. The SMILES string of the molecule is CC(C)Nc1ccccc1NS(C)(=O)=O. The van der Waals surface area contributed by atoms with Crippen LogP contribution in [-0.4, -0.2) is 20.7 Å². The maximum Gasteiger partial charge on any atom is 0.229 e. The predicted octanol–water partition coefficient (Wildman–Crippen LogP) is 1.88. The number of para-hydroxylation sites is 2. The molecule has 0 aliphatic carbocycles. The highest BCUT2D eigenvalue weighted by molar-refractivity contribution is 7.92. The Hall–Kier alpha value is -1.23. The van der Waals surface area contributed by atoms with Crippen LogP contribution in [0.5, 0.6) is 0 Å². The van der Waals surface area contributed by atoms with Crippen LogP contribution in [0.15, 0.2) is 24.3 Å². The van der Waals surface area contributed by atoms with E-state index in [0.29, 0.717) is 5.69 Å². The van der Waals surface area contributed by atoms with Gasteiger partial charge in [0.05, 0.1) is 17.6 Å². The van der Waals surface area contributed by atoms with E-state index in [1.807, 2.05) is 26.0 Å². The zero-order chi connectivity index (χ0) is 11.5. The van der Waals surface area contributed by atoms with Crippen LogP contribution < -0.4 is 10.0 Å². The summed E-state index contributed by atoms with van der Waals surface area (Å²) >= 11 is 0. The van der Waals surface area contributed by atoms with Crippen LogP contribution in [0.3, 0.4) is 0 Å². The minimum atomic E-state index is -3.23. The maximum atomic E-state index is 11.1. The van der Waals surface area contributed by atoms with E-state index in [0.717, 1.165) is 11.9 Å². The van der Waals surface area contributed by atoms with Crippen molar-refractivity contribution in [1.29, 1.82) is 0 Å². The molecule has 15 heavy (non-hydrogen) atoms. The summed E-state index contributed by atoms with van der Waals surface area (Å²) in [5, 5.41) is 3.17. The summed E-state index contributed by atoms with van der Waals surface area (Å²) in [6.07, 6.45) is 1.14. The fourth-order valence-corrected chi connectivity index (χ4v) is 1.79. The Bertz CT molecular complexity index is 427. The molecule has 84 valence electrons. The van der Waals surface area contributed by atoms with Gasteiger partial charge in [-0.25, -0.2) is 8.42 Å². The number of sulfonamides is 1. The van der Waals surface area contributed by atoms with Crippen molar-refractivity contribution in [3.63, 3.8) is 0 Å². The topological polar surface area (TPSA) is 58.2 Å². The van der Waals surface area contributed by atoms with Crippen molar-refractivity contribution >= 4 is 21.4 Å². The largest absolute Gasteiger partial charge is 0.381 e. The summed E-state index contributed by atoms with van der Waals surface area (Å²) in [6.45, 7) is 3.99. The number of hydrogen-bond donors (Lipinski definition) is 2. The number of rotatable bonds is 4. The normalized spacial score (nSPS) is 11.5. The highest BCUT2D eigenvalue weighted by atomic mass is 32.2. The third-order valence-corrected chi connectivity index (χ3v) is 2.26. The third kappa shape index (κ3) is 4.20. The van der Waals surface area contributed by atoms with Crippen LogP contribution in [0.2, 0.25) is 0 Å². The monoisotopic (exact) mass is 228 g/mol. The quantitative estimate of drug-likeness (QED) is 0.827. The molecule has 4 nitrogen and oxygen atoms in total. The molecular weight excluding hydrogens is 212 g/mol. The molecule has 0 fully saturated rings. The molecule has 0 aromatic heterocycles. The molecule has 0 unspecified atom stereocenters. The van der Waals surface area contributed by atoms with E-state index in [4.69, 9.17) is 0 Å². The first-order valence-corrected chi connectivity index (χ1v) is 6.61. The van der Waals surface area contributed by atoms with Crippen molar-refractivity contribution in [3.05, 3.63) is 24.3 Å². The second-order valence-corrected chi connectivity index (χ2v) is 5.47. The lowest BCUT2D eigenvalue weighted by atomic mass is 10.2. The second-order valence-electron chi connectivity index (χ2n) is 3.72. The molecule has 0 aliphatic heterocycles. The van der Waals surface area contributed by atoms with Gasteiger partial charge in [0, 0.05) is 6.04 Å². The molecule has 0 radical (unpaired) electrons. The van der Waals surface area contributed by atoms with Gasteiger partial charge in [-0.2, -0.15) is 0 Å². The average molecular weight is 228 g/mol. The van der Waals surface area contributed by atoms with E-state index < -0.39 is 10.0 Å². The zero-order valence-electron chi connectivity index (χ0n) is 9.11. The Kier molecular flexibility index (Phi) is 3.57. The van der Waals surface area contributed by atoms with Gasteiger partial charge < -0.3 is 5.32 Å². The number of hydrogen-bond acceptors (Lipinski definition) is 3. The Morgan fingerprint density at radius 3 is 2.13 bits per heavy atom. The van der Waals surface area contributed by atoms with Gasteiger partial charge in [-0.05, 0) is 26.0 Å². The highest BCUT2D eigenvalue weighted by Crippen LogP contribution is 2.22. The molecule has 0 amide bonds. The zero-order valence-corrected chi connectivity index (χ0v) is 9.93. The molecule has 0 saturated heterocycles. The molecule has 1 aromatic rings. The Morgan fingerprint density at radius 1 is 1.13 bits per heavy atom. The van der Waals surface area contributed by atoms with Gasteiger partial charge in [0.25, 0.3) is 0 Å². The molecule has 1 rings (SSSR count). The van der Waals surface area contributed by atoms with Crippen LogP contribution >= 0.6 is 0 Å². The van der Waals surface area contributed by atoms with Gasteiger partial charge in [0.15, 0.2) is 0 Å². The molecule has 0 atom stereocenters. The van der Waals surface area contributed by atoms with Gasteiger partial charge in [-0.3, -0.25) is 4.72 Å². The van der Waals surface area contributed by atoms with E-state index in [9.17, 15) is 8.42 Å². The number of nitrogens with one attached hydrogen (secondary N) is 2. The standard InChI is InChI=1S/C10H16N2O2S/c1-8(2)11-9-6-4-5-7-10(9)12-15(3,13)14/h4-8,11-12H,1-3H3. The van der Waals surface area contributed by atoms with E-state index in [1.54, 1.807) is 12.1 Å². The smallest absolute Gasteiger partial charge is 0.229 e. The lowest BCUT2D eigenvalue weighted by Gasteiger charge is -2.14. The molecule has 0 bridgehead atoms. The van der Waals surface area contributed by atoms with Crippen LogP contribution in [0.25, 0.3) is 0 Å². The fraction of sp³-hybridized carbons (Fsp3) is 0.400. The van der Waals surface area contributed by atoms with Crippen molar-refractivity contribution in [3.8, 4) is 0 Å². The van der Waals surface area contributed by atoms with Crippen LogP contribution in [0.1, 0.15) is 13.8 Å². The van der Waals surface area contributed by atoms with Crippen molar-refractivity contribution in [1.82, 2.24) is 0 Å². The van der Waals surface area contributed by atoms with Gasteiger partial charge in [-0.1, -0.05) is 12.1 Å². The minimum absolute atomic E-state index is 0.257. The first-order valence-electron chi connectivity index (χ1n) is 4.72.